The molecule has 0 aliphatic rings. The van der Waals surface area contributed by atoms with Crippen LogP contribution in [0.1, 0.15) is 11.1 Å². The maximum atomic E-state index is 11.0. The lowest BCUT2D eigenvalue weighted by Crippen LogP contribution is -2.33. The van der Waals surface area contributed by atoms with E-state index < -0.39 is 5.97 Å². The Bertz CT molecular complexity index is 607. The molecule has 23 heavy (non-hydrogen) atoms. The molecule has 2 rings (SSSR count). The maximum Gasteiger partial charge on any atom is 0.317 e. The Balaban J connectivity index is 1.95. The van der Waals surface area contributed by atoms with Gasteiger partial charge in [-0.2, -0.15) is 0 Å². The third kappa shape index (κ3) is 5.30. The second kappa shape index (κ2) is 8.19. The number of hydrogen-bond acceptors (Lipinski definition) is 4. The quantitative estimate of drug-likeness (QED) is 0.696. The van der Waals surface area contributed by atoms with Gasteiger partial charge in [0, 0.05) is 13.1 Å². The molecule has 0 aliphatic carbocycles. The molecule has 0 spiro atoms. The summed E-state index contributed by atoms with van der Waals surface area (Å²) >= 11 is 0. The van der Waals surface area contributed by atoms with Gasteiger partial charge in [0.25, 0.3) is 0 Å². The monoisotopic (exact) mass is 315 g/mol. The minimum atomic E-state index is -0.889. The highest BCUT2D eigenvalue weighted by molar-refractivity contribution is 5.69. The largest absolute Gasteiger partial charge is 0.508 e. The Morgan fingerprint density at radius 2 is 1.26 bits per heavy atom. The second-order valence-corrected chi connectivity index (χ2v) is 5.43. The van der Waals surface area contributed by atoms with E-state index >= 15 is 0 Å². The summed E-state index contributed by atoms with van der Waals surface area (Å²) in [5.74, 6) is -0.438. The molecule has 3 N–H and O–H groups in total. The van der Waals surface area contributed by atoms with E-state index in [1.807, 2.05) is 24.3 Å². The van der Waals surface area contributed by atoms with E-state index in [4.69, 9.17) is 5.11 Å². The van der Waals surface area contributed by atoms with Gasteiger partial charge in [-0.15, -0.1) is 0 Å². The lowest BCUT2D eigenvalue weighted by atomic mass is 10.1. The van der Waals surface area contributed by atoms with Crippen LogP contribution in [0.5, 0.6) is 11.5 Å². The molecule has 0 aromatic heterocycles. The van der Waals surface area contributed by atoms with Gasteiger partial charge < -0.3 is 15.3 Å². The van der Waals surface area contributed by atoms with Crippen LogP contribution < -0.4 is 0 Å². The highest BCUT2D eigenvalue weighted by Gasteiger charge is 2.12. The smallest absolute Gasteiger partial charge is 0.317 e. The third-order valence-electron chi connectivity index (χ3n) is 3.74. The number of nitrogens with zero attached hydrogens (tertiary/aromatic N) is 1. The van der Waals surface area contributed by atoms with Gasteiger partial charge in [0.2, 0.25) is 0 Å². The van der Waals surface area contributed by atoms with Crippen LogP contribution in [0.15, 0.2) is 48.5 Å². The van der Waals surface area contributed by atoms with Crippen molar-refractivity contribution in [3.8, 4) is 11.5 Å². The van der Waals surface area contributed by atoms with E-state index in [0.29, 0.717) is 25.9 Å². The maximum absolute atomic E-state index is 11.0. The van der Waals surface area contributed by atoms with Crippen molar-refractivity contribution in [2.45, 2.75) is 12.8 Å². The molecular formula is C18H21NO4. The van der Waals surface area contributed by atoms with E-state index in [1.165, 1.54) is 0 Å². The van der Waals surface area contributed by atoms with Crippen molar-refractivity contribution in [2.75, 3.05) is 19.6 Å². The first-order valence-corrected chi connectivity index (χ1v) is 7.54. The van der Waals surface area contributed by atoms with Crippen LogP contribution in [0.4, 0.5) is 0 Å². The zero-order valence-electron chi connectivity index (χ0n) is 12.9. The first-order chi connectivity index (χ1) is 11.1. The van der Waals surface area contributed by atoms with Crippen molar-refractivity contribution in [1.82, 2.24) is 4.90 Å². The van der Waals surface area contributed by atoms with E-state index in [1.54, 1.807) is 29.2 Å². The van der Waals surface area contributed by atoms with Crippen molar-refractivity contribution in [3.63, 3.8) is 0 Å². The Labute approximate surface area is 135 Å². The van der Waals surface area contributed by atoms with Gasteiger partial charge in [-0.05, 0) is 36.1 Å². The van der Waals surface area contributed by atoms with Gasteiger partial charge >= 0.3 is 5.97 Å². The van der Waals surface area contributed by atoms with Gasteiger partial charge in [0.05, 0.1) is 6.54 Å². The van der Waals surface area contributed by atoms with E-state index in [2.05, 4.69) is 0 Å². The predicted octanol–water partition coefficient (Wildman–Crippen LogP) is 2.27. The fourth-order valence-corrected chi connectivity index (χ4v) is 2.46. The molecule has 0 saturated heterocycles. The average molecular weight is 315 g/mol. The van der Waals surface area contributed by atoms with Crippen molar-refractivity contribution in [1.29, 1.82) is 0 Å². The normalized spacial score (nSPS) is 10.8. The number of phenolic OH excluding ortho intramolecular Hbond substituents is 2. The summed E-state index contributed by atoms with van der Waals surface area (Å²) in [7, 11) is 0. The minimum Gasteiger partial charge on any atom is -0.508 e. The molecule has 122 valence electrons. The molecule has 0 atom stereocenters. The molecule has 0 heterocycles. The molecule has 0 bridgehead atoms. The van der Waals surface area contributed by atoms with Gasteiger partial charge in [0.1, 0.15) is 11.5 Å². The Kier molecular flexibility index (Phi) is 6.00. The van der Waals surface area contributed by atoms with E-state index in [9.17, 15) is 15.0 Å². The van der Waals surface area contributed by atoms with Crippen molar-refractivity contribution >= 4 is 5.97 Å². The topological polar surface area (TPSA) is 81.0 Å². The Morgan fingerprint density at radius 3 is 1.65 bits per heavy atom. The van der Waals surface area contributed by atoms with Crippen molar-refractivity contribution < 1.29 is 20.1 Å². The number of para-hydroxylation sites is 2. The zero-order chi connectivity index (χ0) is 16.7. The summed E-state index contributed by atoms with van der Waals surface area (Å²) in [5.41, 5.74) is 1.59. The summed E-state index contributed by atoms with van der Waals surface area (Å²) in [5, 5.41) is 28.6. The minimum absolute atomic E-state index is 0.0683. The highest BCUT2D eigenvalue weighted by Crippen LogP contribution is 2.18. The third-order valence-corrected chi connectivity index (χ3v) is 3.74. The van der Waals surface area contributed by atoms with E-state index in [-0.39, 0.29) is 18.0 Å². The fourth-order valence-electron chi connectivity index (χ4n) is 2.46. The Hall–Kier alpha value is -2.53. The SMILES string of the molecule is O=C(O)CN(CCc1ccccc1O)CCc1ccccc1O. The molecule has 0 fully saturated rings. The van der Waals surface area contributed by atoms with Crippen LogP contribution in [-0.4, -0.2) is 45.8 Å². The zero-order valence-corrected chi connectivity index (χ0v) is 12.9. The molecular weight excluding hydrogens is 294 g/mol. The summed E-state index contributed by atoms with van der Waals surface area (Å²) in [6.07, 6.45) is 1.14. The molecule has 0 amide bonds. The molecule has 2 aromatic carbocycles. The van der Waals surface area contributed by atoms with E-state index in [0.717, 1.165) is 11.1 Å². The van der Waals surface area contributed by atoms with Crippen LogP contribution in [-0.2, 0) is 17.6 Å². The summed E-state index contributed by atoms with van der Waals surface area (Å²) in [4.78, 5) is 12.8. The number of phenols is 2. The average Bonchev–Trinajstić information content (AvgIpc) is 2.52. The standard InChI is InChI=1S/C18H21NO4/c20-16-7-3-1-5-14(16)9-11-19(13-18(22)23)12-10-15-6-2-4-8-17(15)21/h1-8,20-21H,9-13H2,(H,22,23). The van der Waals surface area contributed by atoms with Gasteiger partial charge in [-0.25, -0.2) is 0 Å². The van der Waals surface area contributed by atoms with Crippen molar-refractivity contribution in [2.24, 2.45) is 0 Å². The number of aromatic hydroxyl groups is 2. The first kappa shape index (κ1) is 16.8. The molecule has 5 nitrogen and oxygen atoms in total. The lowest BCUT2D eigenvalue weighted by Gasteiger charge is -2.20. The number of rotatable bonds is 8. The van der Waals surface area contributed by atoms with Gasteiger partial charge in [0.15, 0.2) is 0 Å². The molecule has 0 saturated carbocycles. The number of aliphatic carboxylic acids is 1. The van der Waals surface area contributed by atoms with Crippen LogP contribution in [0.2, 0.25) is 0 Å². The summed E-state index contributed by atoms with van der Waals surface area (Å²) < 4.78 is 0. The van der Waals surface area contributed by atoms with Crippen molar-refractivity contribution in [3.05, 3.63) is 59.7 Å². The Morgan fingerprint density at radius 1 is 0.826 bits per heavy atom. The van der Waals surface area contributed by atoms with Gasteiger partial charge in [-0.3, -0.25) is 9.69 Å². The molecule has 2 aromatic rings. The number of carbonyl (C=O) groups is 1. The predicted molar refractivity (Wildman–Crippen MR) is 87.7 cm³/mol. The first-order valence-electron chi connectivity index (χ1n) is 7.54. The number of hydrogen-bond donors (Lipinski definition) is 3. The number of benzene rings is 2. The second-order valence-electron chi connectivity index (χ2n) is 5.43. The lowest BCUT2D eigenvalue weighted by molar-refractivity contribution is -0.138. The molecule has 5 heteroatoms. The fraction of sp³-hybridized carbons (Fsp3) is 0.278. The summed E-state index contributed by atoms with van der Waals surface area (Å²) in [6, 6.07) is 14.1. The summed E-state index contributed by atoms with van der Waals surface area (Å²) in [6.45, 7) is 0.982. The van der Waals surface area contributed by atoms with Crippen LogP contribution in [0.25, 0.3) is 0 Å². The van der Waals surface area contributed by atoms with Crippen LogP contribution >= 0.6 is 0 Å². The molecule has 0 radical (unpaired) electrons. The van der Waals surface area contributed by atoms with Crippen LogP contribution in [0, 0.1) is 0 Å². The number of carboxylic acid groups (broad SMARTS) is 1. The highest BCUT2D eigenvalue weighted by atomic mass is 16.4. The van der Waals surface area contributed by atoms with Gasteiger partial charge in [-0.1, -0.05) is 36.4 Å². The molecule has 0 aliphatic heterocycles. The van der Waals surface area contributed by atoms with Crippen LogP contribution in [0.3, 0.4) is 0 Å². The molecule has 0 unspecified atom stereocenters. The number of carboxylic acids is 1.